The van der Waals surface area contributed by atoms with Crippen LogP contribution in [-0.4, -0.2) is 31.1 Å². The van der Waals surface area contributed by atoms with E-state index in [0.717, 1.165) is 19.1 Å². The Morgan fingerprint density at radius 3 is 2.58 bits per heavy atom. The summed E-state index contributed by atoms with van der Waals surface area (Å²) in [5.74, 6) is 0.623. The quantitative estimate of drug-likeness (QED) is 0.873. The number of likely N-dealkylation sites (tertiary alicyclic amines) is 1. The average Bonchev–Trinajstić information content (AvgIpc) is 2.41. The number of hydrogen-bond donors (Lipinski definition) is 1. The molecule has 1 aliphatic heterocycles. The van der Waals surface area contributed by atoms with Gasteiger partial charge in [0.1, 0.15) is 0 Å². The van der Waals surface area contributed by atoms with Crippen LogP contribution in [0.25, 0.3) is 0 Å². The van der Waals surface area contributed by atoms with Crippen molar-refractivity contribution in [2.75, 3.05) is 20.1 Å². The second kappa shape index (κ2) is 7.06. The summed E-state index contributed by atoms with van der Waals surface area (Å²) in [6.45, 7) is 7.85. The zero-order valence-corrected chi connectivity index (χ0v) is 12.7. The van der Waals surface area contributed by atoms with E-state index in [1.54, 1.807) is 0 Å². The van der Waals surface area contributed by atoms with Crippen LogP contribution in [0.1, 0.15) is 50.2 Å². The predicted molar refractivity (Wildman–Crippen MR) is 82.5 cm³/mol. The molecule has 1 heterocycles. The number of nitrogens with zero attached hydrogens (tertiary/aromatic N) is 1. The van der Waals surface area contributed by atoms with E-state index in [-0.39, 0.29) is 0 Å². The molecule has 1 aromatic carbocycles. The third-order valence-electron chi connectivity index (χ3n) is 4.28. The van der Waals surface area contributed by atoms with Gasteiger partial charge in [0, 0.05) is 19.1 Å². The maximum atomic E-state index is 3.61. The van der Waals surface area contributed by atoms with Gasteiger partial charge in [0.15, 0.2) is 0 Å². The molecule has 0 saturated carbocycles. The van der Waals surface area contributed by atoms with Crippen molar-refractivity contribution in [3.63, 3.8) is 0 Å². The molecule has 1 aliphatic rings. The van der Waals surface area contributed by atoms with Crippen LogP contribution >= 0.6 is 0 Å². The Balaban J connectivity index is 1.75. The van der Waals surface area contributed by atoms with Crippen LogP contribution in [0.4, 0.5) is 0 Å². The lowest BCUT2D eigenvalue weighted by molar-refractivity contribution is 0.181. The molecule has 2 nitrogen and oxygen atoms in total. The summed E-state index contributed by atoms with van der Waals surface area (Å²) in [4.78, 5) is 2.50. The molecule has 2 heteroatoms. The highest BCUT2D eigenvalue weighted by atomic mass is 15.2. The highest BCUT2D eigenvalue weighted by Crippen LogP contribution is 2.16. The molecule has 0 amide bonds. The molecule has 0 aliphatic carbocycles. The number of rotatable bonds is 5. The first-order chi connectivity index (χ1) is 9.16. The molecule has 0 spiro atoms. The van der Waals surface area contributed by atoms with E-state index in [0.29, 0.717) is 5.92 Å². The second-order valence-electron chi connectivity index (χ2n) is 6.16. The van der Waals surface area contributed by atoms with Crippen molar-refractivity contribution >= 4 is 0 Å². The van der Waals surface area contributed by atoms with E-state index < -0.39 is 0 Å². The Morgan fingerprint density at radius 2 is 1.95 bits per heavy atom. The summed E-state index contributed by atoms with van der Waals surface area (Å²) in [7, 11) is 2.25. The Kier molecular flexibility index (Phi) is 5.41. The first-order valence-corrected chi connectivity index (χ1v) is 7.66. The van der Waals surface area contributed by atoms with Crippen molar-refractivity contribution in [3.05, 3.63) is 35.4 Å². The van der Waals surface area contributed by atoms with Crippen molar-refractivity contribution in [2.45, 2.75) is 51.6 Å². The predicted octanol–water partition coefficient (Wildman–Crippen LogP) is 3.38. The molecule has 1 saturated heterocycles. The monoisotopic (exact) mass is 260 g/mol. The molecule has 0 aromatic heterocycles. The van der Waals surface area contributed by atoms with Gasteiger partial charge < -0.3 is 10.2 Å². The Hall–Kier alpha value is -0.860. The Morgan fingerprint density at radius 1 is 1.21 bits per heavy atom. The summed E-state index contributed by atoms with van der Waals surface area (Å²) in [5, 5.41) is 3.61. The first kappa shape index (κ1) is 14.5. The number of benzene rings is 1. The van der Waals surface area contributed by atoms with E-state index >= 15 is 0 Å². The fraction of sp³-hybridized carbons (Fsp3) is 0.647. The number of hydrogen-bond acceptors (Lipinski definition) is 2. The molecule has 1 aromatic rings. The van der Waals surface area contributed by atoms with Crippen LogP contribution < -0.4 is 5.32 Å². The van der Waals surface area contributed by atoms with Crippen LogP contribution in [0, 0.1) is 0 Å². The lowest BCUT2D eigenvalue weighted by atomic mass is 10.0. The molecular formula is C17H28N2. The molecule has 106 valence electrons. The van der Waals surface area contributed by atoms with Crippen LogP contribution in [-0.2, 0) is 6.54 Å². The highest BCUT2D eigenvalue weighted by Gasteiger charge is 2.17. The van der Waals surface area contributed by atoms with Crippen LogP contribution in [0.15, 0.2) is 24.3 Å². The lowest BCUT2D eigenvalue weighted by Crippen LogP contribution is -2.42. The van der Waals surface area contributed by atoms with E-state index in [9.17, 15) is 0 Å². The minimum absolute atomic E-state index is 0.623. The number of nitrogens with one attached hydrogen (secondary N) is 1. The summed E-state index contributed by atoms with van der Waals surface area (Å²) in [6, 6.07) is 9.76. The SMILES string of the molecule is CC(C)c1ccc(CNCC2CCCCN2C)cc1. The minimum atomic E-state index is 0.623. The number of piperidine rings is 1. The van der Waals surface area contributed by atoms with Gasteiger partial charge in [-0.15, -0.1) is 0 Å². The van der Waals surface area contributed by atoms with Crippen molar-refractivity contribution in [3.8, 4) is 0 Å². The van der Waals surface area contributed by atoms with Gasteiger partial charge >= 0.3 is 0 Å². The molecule has 2 rings (SSSR count). The number of likely N-dealkylation sites (N-methyl/N-ethyl adjacent to an activating group) is 1. The van der Waals surface area contributed by atoms with Gasteiger partial charge in [-0.2, -0.15) is 0 Å². The molecule has 0 radical (unpaired) electrons. The van der Waals surface area contributed by atoms with Crippen molar-refractivity contribution in [1.29, 1.82) is 0 Å². The van der Waals surface area contributed by atoms with Crippen LogP contribution in [0.5, 0.6) is 0 Å². The minimum Gasteiger partial charge on any atom is -0.311 e. The third-order valence-corrected chi connectivity index (χ3v) is 4.28. The van der Waals surface area contributed by atoms with Gasteiger partial charge in [-0.05, 0) is 43.5 Å². The van der Waals surface area contributed by atoms with Gasteiger partial charge in [0.2, 0.25) is 0 Å². The van der Waals surface area contributed by atoms with Crippen molar-refractivity contribution in [2.24, 2.45) is 0 Å². The molecule has 19 heavy (non-hydrogen) atoms. The van der Waals surface area contributed by atoms with E-state index in [2.05, 4.69) is 55.4 Å². The second-order valence-corrected chi connectivity index (χ2v) is 6.16. The highest BCUT2D eigenvalue weighted by molar-refractivity contribution is 5.24. The maximum absolute atomic E-state index is 3.61. The molecule has 1 N–H and O–H groups in total. The van der Waals surface area contributed by atoms with E-state index in [1.165, 1.54) is 36.9 Å². The standard InChI is InChI=1S/C17H28N2/c1-14(2)16-9-7-15(8-10-16)12-18-13-17-6-4-5-11-19(17)3/h7-10,14,17-18H,4-6,11-13H2,1-3H3. The van der Waals surface area contributed by atoms with E-state index in [4.69, 9.17) is 0 Å². The topological polar surface area (TPSA) is 15.3 Å². The normalized spacial score (nSPS) is 20.9. The zero-order chi connectivity index (χ0) is 13.7. The summed E-state index contributed by atoms with van der Waals surface area (Å²) in [6.07, 6.45) is 4.10. The fourth-order valence-corrected chi connectivity index (χ4v) is 2.81. The fourth-order valence-electron chi connectivity index (χ4n) is 2.81. The summed E-state index contributed by atoms with van der Waals surface area (Å²) < 4.78 is 0. The first-order valence-electron chi connectivity index (χ1n) is 7.66. The van der Waals surface area contributed by atoms with E-state index in [1.807, 2.05) is 0 Å². The largest absolute Gasteiger partial charge is 0.311 e. The Labute approximate surface area is 118 Å². The van der Waals surface area contributed by atoms with Gasteiger partial charge in [-0.1, -0.05) is 44.5 Å². The van der Waals surface area contributed by atoms with Crippen LogP contribution in [0.3, 0.4) is 0 Å². The average molecular weight is 260 g/mol. The van der Waals surface area contributed by atoms with Gasteiger partial charge in [0.25, 0.3) is 0 Å². The summed E-state index contributed by atoms with van der Waals surface area (Å²) in [5.41, 5.74) is 2.82. The zero-order valence-electron chi connectivity index (χ0n) is 12.7. The Bertz CT molecular complexity index is 369. The van der Waals surface area contributed by atoms with Gasteiger partial charge in [0.05, 0.1) is 0 Å². The van der Waals surface area contributed by atoms with Crippen LogP contribution in [0.2, 0.25) is 0 Å². The maximum Gasteiger partial charge on any atom is 0.0217 e. The van der Waals surface area contributed by atoms with Crippen molar-refractivity contribution < 1.29 is 0 Å². The molecule has 0 bridgehead atoms. The van der Waals surface area contributed by atoms with Gasteiger partial charge in [-0.25, -0.2) is 0 Å². The van der Waals surface area contributed by atoms with Gasteiger partial charge in [-0.3, -0.25) is 0 Å². The molecule has 1 atom stereocenters. The third kappa shape index (κ3) is 4.32. The summed E-state index contributed by atoms with van der Waals surface area (Å²) >= 11 is 0. The molecular weight excluding hydrogens is 232 g/mol. The van der Waals surface area contributed by atoms with Crippen molar-refractivity contribution in [1.82, 2.24) is 10.2 Å². The lowest BCUT2D eigenvalue weighted by Gasteiger charge is -2.32. The smallest absolute Gasteiger partial charge is 0.0217 e. The molecule has 1 unspecified atom stereocenters. The molecule has 1 fully saturated rings.